The average Bonchev–Trinajstić information content (AvgIpc) is 2.77. The van der Waals surface area contributed by atoms with Gasteiger partial charge in [0, 0.05) is 27.1 Å². The highest BCUT2D eigenvalue weighted by Crippen LogP contribution is 2.45. The fourth-order valence-electron chi connectivity index (χ4n) is 1.91. The average molecular weight is 251 g/mol. The number of aromatic nitrogens is 1. The molecule has 1 aliphatic rings. The summed E-state index contributed by atoms with van der Waals surface area (Å²) < 4.78 is 1.10. The first-order valence-corrected chi connectivity index (χ1v) is 5.54. The minimum atomic E-state index is -0.0495. The van der Waals surface area contributed by atoms with Crippen LogP contribution in [-0.2, 0) is 5.54 Å². The Hall–Kier alpha value is -0.800. The summed E-state index contributed by atoms with van der Waals surface area (Å²) in [6.45, 7) is 0. The highest BCUT2D eigenvalue weighted by atomic mass is 79.9. The van der Waals surface area contributed by atoms with Crippen LogP contribution in [-0.4, -0.2) is 4.98 Å². The quantitative estimate of drug-likeness (QED) is 0.803. The van der Waals surface area contributed by atoms with Crippen LogP contribution in [0.2, 0.25) is 0 Å². The van der Waals surface area contributed by atoms with Gasteiger partial charge in [0.25, 0.3) is 0 Å². The van der Waals surface area contributed by atoms with Gasteiger partial charge in [0.05, 0.1) is 0 Å². The molecule has 0 radical (unpaired) electrons. The molecular formula is C11H11BrN2. The molecule has 1 aromatic heterocycles. The summed E-state index contributed by atoms with van der Waals surface area (Å²) in [5, 5.41) is 1.26. The van der Waals surface area contributed by atoms with Crippen LogP contribution < -0.4 is 5.73 Å². The van der Waals surface area contributed by atoms with E-state index in [0.29, 0.717) is 0 Å². The molecule has 3 rings (SSSR count). The molecule has 2 aromatic rings. The molecule has 0 aliphatic heterocycles. The number of fused-ring (bicyclic) bond motifs is 1. The molecule has 1 saturated carbocycles. The maximum absolute atomic E-state index is 6.18. The third kappa shape index (κ3) is 1.12. The van der Waals surface area contributed by atoms with E-state index in [1.54, 1.807) is 0 Å². The maximum Gasteiger partial charge on any atom is 0.0468 e. The summed E-state index contributed by atoms with van der Waals surface area (Å²) in [6, 6.07) is 6.27. The van der Waals surface area contributed by atoms with Crippen molar-refractivity contribution in [1.82, 2.24) is 4.98 Å². The number of H-pyrrole nitrogens is 1. The first-order valence-electron chi connectivity index (χ1n) is 4.75. The molecule has 0 atom stereocenters. The molecule has 2 nitrogen and oxygen atoms in total. The molecule has 72 valence electrons. The van der Waals surface area contributed by atoms with Gasteiger partial charge in [-0.25, -0.2) is 0 Å². The summed E-state index contributed by atoms with van der Waals surface area (Å²) >= 11 is 3.46. The first kappa shape index (κ1) is 8.50. The monoisotopic (exact) mass is 250 g/mol. The minimum absolute atomic E-state index is 0.0495. The van der Waals surface area contributed by atoms with Crippen LogP contribution in [0, 0.1) is 0 Å². The molecule has 1 aliphatic carbocycles. The summed E-state index contributed by atoms with van der Waals surface area (Å²) in [6.07, 6.45) is 4.26. The van der Waals surface area contributed by atoms with Crippen LogP contribution in [0.5, 0.6) is 0 Å². The Kier molecular flexibility index (Phi) is 1.59. The van der Waals surface area contributed by atoms with E-state index in [-0.39, 0.29) is 5.54 Å². The number of benzene rings is 1. The minimum Gasteiger partial charge on any atom is -0.361 e. The maximum atomic E-state index is 6.18. The zero-order valence-electron chi connectivity index (χ0n) is 7.68. The SMILES string of the molecule is NC1(c2c[nH]c3cc(Br)ccc23)CC1. The van der Waals surface area contributed by atoms with Gasteiger partial charge in [0.2, 0.25) is 0 Å². The fraction of sp³-hybridized carbons (Fsp3) is 0.273. The number of nitrogens with one attached hydrogen (secondary N) is 1. The van der Waals surface area contributed by atoms with Crippen molar-refractivity contribution in [2.75, 3.05) is 0 Å². The molecule has 0 spiro atoms. The van der Waals surface area contributed by atoms with Crippen LogP contribution in [0.15, 0.2) is 28.9 Å². The second-order valence-corrected chi connectivity index (χ2v) is 4.96. The standard InChI is InChI=1S/C11H11BrN2/c12-7-1-2-8-9(11(13)3-4-11)6-14-10(8)5-7/h1-2,5-6,14H,3-4,13H2. The summed E-state index contributed by atoms with van der Waals surface area (Å²) in [7, 11) is 0. The highest BCUT2D eigenvalue weighted by Gasteiger charge is 2.41. The Labute approximate surface area is 90.6 Å². The first-order chi connectivity index (χ1) is 6.69. The van der Waals surface area contributed by atoms with Crippen molar-refractivity contribution in [3.8, 4) is 0 Å². The zero-order valence-corrected chi connectivity index (χ0v) is 9.26. The van der Waals surface area contributed by atoms with E-state index in [9.17, 15) is 0 Å². The van der Waals surface area contributed by atoms with Gasteiger partial charge in [-0.15, -0.1) is 0 Å². The highest BCUT2D eigenvalue weighted by molar-refractivity contribution is 9.10. The molecule has 0 bridgehead atoms. The number of rotatable bonds is 1. The Morgan fingerprint density at radius 3 is 2.86 bits per heavy atom. The topological polar surface area (TPSA) is 41.8 Å². The van der Waals surface area contributed by atoms with E-state index in [4.69, 9.17) is 5.73 Å². The number of aromatic amines is 1. The van der Waals surface area contributed by atoms with Crippen molar-refractivity contribution in [3.05, 3.63) is 34.4 Å². The Morgan fingerprint density at radius 2 is 2.14 bits per heavy atom. The van der Waals surface area contributed by atoms with Crippen molar-refractivity contribution in [3.63, 3.8) is 0 Å². The number of nitrogens with two attached hydrogens (primary N) is 1. The van der Waals surface area contributed by atoms with Crippen molar-refractivity contribution >= 4 is 26.8 Å². The van der Waals surface area contributed by atoms with E-state index in [1.807, 2.05) is 6.20 Å². The number of hydrogen-bond donors (Lipinski definition) is 2. The molecule has 1 aromatic carbocycles. The van der Waals surface area contributed by atoms with E-state index in [1.165, 1.54) is 10.9 Å². The predicted octanol–water partition coefficient (Wildman–Crippen LogP) is 2.88. The van der Waals surface area contributed by atoms with Gasteiger partial charge in [0.1, 0.15) is 0 Å². The molecule has 0 amide bonds. The molecule has 0 saturated heterocycles. The lowest BCUT2D eigenvalue weighted by atomic mass is 10.1. The normalized spacial score (nSPS) is 18.7. The number of hydrogen-bond acceptors (Lipinski definition) is 1. The van der Waals surface area contributed by atoms with Gasteiger partial charge >= 0.3 is 0 Å². The fourth-order valence-corrected chi connectivity index (χ4v) is 2.28. The smallest absolute Gasteiger partial charge is 0.0468 e. The van der Waals surface area contributed by atoms with Crippen LogP contribution in [0.4, 0.5) is 0 Å². The van der Waals surface area contributed by atoms with Crippen LogP contribution in [0.3, 0.4) is 0 Å². The Balaban J connectivity index is 2.27. The molecule has 14 heavy (non-hydrogen) atoms. The van der Waals surface area contributed by atoms with E-state index in [0.717, 1.165) is 22.8 Å². The Morgan fingerprint density at radius 1 is 1.36 bits per heavy atom. The van der Waals surface area contributed by atoms with Crippen molar-refractivity contribution in [1.29, 1.82) is 0 Å². The lowest BCUT2D eigenvalue weighted by molar-refractivity contribution is 0.747. The van der Waals surface area contributed by atoms with Gasteiger partial charge < -0.3 is 10.7 Å². The molecular weight excluding hydrogens is 240 g/mol. The van der Waals surface area contributed by atoms with Crippen LogP contribution >= 0.6 is 15.9 Å². The van der Waals surface area contributed by atoms with Crippen LogP contribution in [0.25, 0.3) is 10.9 Å². The van der Waals surface area contributed by atoms with E-state index < -0.39 is 0 Å². The van der Waals surface area contributed by atoms with E-state index in [2.05, 4.69) is 39.1 Å². The molecule has 0 unspecified atom stereocenters. The molecule has 1 fully saturated rings. The summed E-state index contributed by atoms with van der Waals surface area (Å²) in [5.74, 6) is 0. The predicted molar refractivity (Wildman–Crippen MR) is 61.1 cm³/mol. The second kappa shape index (κ2) is 2.61. The van der Waals surface area contributed by atoms with E-state index >= 15 is 0 Å². The second-order valence-electron chi connectivity index (χ2n) is 4.05. The largest absolute Gasteiger partial charge is 0.361 e. The number of halogens is 1. The zero-order chi connectivity index (χ0) is 9.76. The third-order valence-corrected chi connectivity index (χ3v) is 3.46. The third-order valence-electron chi connectivity index (χ3n) is 2.97. The summed E-state index contributed by atoms with van der Waals surface area (Å²) in [4.78, 5) is 3.27. The van der Waals surface area contributed by atoms with Gasteiger partial charge in [0.15, 0.2) is 0 Å². The van der Waals surface area contributed by atoms with Crippen molar-refractivity contribution in [2.24, 2.45) is 5.73 Å². The molecule has 3 N–H and O–H groups in total. The molecule has 3 heteroatoms. The van der Waals surface area contributed by atoms with Crippen molar-refractivity contribution < 1.29 is 0 Å². The lowest BCUT2D eigenvalue weighted by Gasteiger charge is -2.06. The summed E-state index contributed by atoms with van der Waals surface area (Å²) in [5.41, 5.74) is 8.56. The van der Waals surface area contributed by atoms with Gasteiger partial charge in [-0.3, -0.25) is 0 Å². The van der Waals surface area contributed by atoms with Crippen LogP contribution in [0.1, 0.15) is 18.4 Å². The van der Waals surface area contributed by atoms with Gasteiger partial charge in [-0.2, -0.15) is 0 Å². The van der Waals surface area contributed by atoms with Gasteiger partial charge in [-0.1, -0.05) is 22.0 Å². The van der Waals surface area contributed by atoms with Crippen molar-refractivity contribution in [2.45, 2.75) is 18.4 Å². The van der Waals surface area contributed by atoms with Gasteiger partial charge in [-0.05, 0) is 30.5 Å². The molecule has 1 heterocycles. The lowest BCUT2D eigenvalue weighted by Crippen LogP contribution is -2.17. The Bertz CT molecular complexity index is 497.